The third-order valence-electron chi connectivity index (χ3n) is 18.8. The van der Waals surface area contributed by atoms with Crippen molar-refractivity contribution >= 4 is 104 Å². The number of urea groups is 4. The average Bonchev–Trinajstić information content (AvgIpc) is 1.57. The van der Waals surface area contributed by atoms with Crippen LogP contribution in [0.5, 0.6) is 11.6 Å². The van der Waals surface area contributed by atoms with Crippen molar-refractivity contribution in [3.63, 3.8) is 0 Å². The van der Waals surface area contributed by atoms with Crippen LogP contribution in [0.2, 0.25) is 0 Å². The van der Waals surface area contributed by atoms with Gasteiger partial charge in [0.15, 0.2) is 5.78 Å². The van der Waals surface area contributed by atoms with E-state index < -0.39 is 0 Å². The molecule has 0 aliphatic carbocycles. The van der Waals surface area contributed by atoms with Gasteiger partial charge in [0.1, 0.15) is 12.1 Å². The number of Topliss-reactive ketones (excluding diaryl/α,β-unsaturated/α-hetero) is 1. The second kappa shape index (κ2) is 39.2. The van der Waals surface area contributed by atoms with Crippen LogP contribution in [-0.4, -0.2) is 169 Å². The number of H-pyrrole nitrogens is 4. The summed E-state index contributed by atoms with van der Waals surface area (Å²) in [4.78, 5) is 140. The molecule has 0 unspecified atom stereocenters. The number of nitrogens with zero attached hydrogens (tertiary/aromatic N) is 14. The number of imidazole rings is 4. The lowest BCUT2D eigenvalue weighted by Crippen LogP contribution is -2.28. The van der Waals surface area contributed by atoms with E-state index in [-0.39, 0.29) is 42.0 Å². The Morgan fingerprint density at radius 3 is 1.25 bits per heavy atom. The number of aromatic nitrogens is 17. The lowest BCUT2D eigenvalue weighted by Gasteiger charge is -2.13. The van der Waals surface area contributed by atoms with Gasteiger partial charge >= 0.3 is 24.1 Å². The van der Waals surface area contributed by atoms with Crippen LogP contribution in [-0.2, 0) is 11.3 Å². The lowest BCUT2D eigenvalue weighted by atomic mass is 10.00. The minimum absolute atomic E-state index is 0.00585. The molecule has 0 saturated carbocycles. The van der Waals surface area contributed by atoms with Gasteiger partial charge in [0.2, 0.25) is 29.7 Å². The van der Waals surface area contributed by atoms with Gasteiger partial charge in [-0.3, -0.25) is 55.8 Å². The maximum absolute atomic E-state index is 12.6. The molecule has 0 fully saturated rings. The summed E-state index contributed by atoms with van der Waals surface area (Å²) in [6.45, 7) is 13.3. The number of hydrogen-bond acceptors (Lipinski definition) is 21. The van der Waals surface area contributed by atoms with Gasteiger partial charge in [0, 0.05) is 171 Å². The van der Waals surface area contributed by atoms with Crippen molar-refractivity contribution in [2.45, 2.75) is 54.5 Å². The fourth-order valence-electron chi connectivity index (χ4n) is 12.9. The Morgan fingerprint density at radius 2 is 0.836 bits per heavy atom. The van der Waals surface area contributed by atoms with Gasteiger partial charge < -0.3 is 60.1 Å². The normalized spacial score (nSPS) is 10.8. The van der Waals surface area contributed by atoms with Crippen LogP contribution < -0.4 is 62.5 Å². The van der Waals surface area contributed by atoms with Crippen LogP contribution in [0.3, 0.4) is 0 Å². The Kier molecular flexibility index (Phi) is 26.9. The van der Waals surface area contributed by atoms with Gasteiger partial charge in [-0.2, -0.15) is 0 Å². The number of ether oxygens (including phenoxy) is 2. The molecule has 12 heterocycles. The predicted molar refractivity (Wildman–Crippen MR) is 473 cm³/mol. The van der Waals surface area contributed by atoms with Crippen molar-refractivity contribution in [1.82, 2.24) is 106 Å². The van der Waals surface area contributed by atoms with Crippen molar-refractivity contribution in [3.05, 3.63) is 224 Å². The van der Waals surface area contributed by atoms with E-state index >= 15 is 0 Å². The highest BCUT2D eigenvalue weighted by atomic mass is 16.5. The fraction of sp³-hybridized carbons (Fsp3) is 0.182. The van der Waals surface area contributed by atoms with Crippen molar-refractivity contribution in [2.75, 3.05) is 80.7 Å². The number of ketones is 1. The fourth-order valence-corrected chi connectivity index (χ4v) is 12.9. The molecule has 0 bridgehead atoms. The van der Waals surface area contributed by atoms with Crippen LogP contribution in [0.4, 0.5) is 48.7 Å². The highest BCUT2D eigenvalue weighted by Crippen LogP contribution is 2.39. The number of pyridine rings is 7. The third-order valence-corrected chi connectivity index (χ3v) is 18.8. The van der Waals surface area contributed by atoms with Gasteiger partial charge in [-0.05, 0) is 171 Å². The molecular formula is C88H88N26O8. The molecule has 12 aromatic heterocycles. The molecule has 16 rings (SSSR count). The molecular weight excluding hydrogens is 1550 g/mol. The van der Waals surface area contributed by atoms with Gasteiger partial charge in [0.25, 0.3) is 5.56 Å². The van der Waals surface area contributed by atoms with Gasteiger partial charge in [-0.1, -0.05) is 25.1 Å². The second-order valence-electron chi connectivity index (χ2n) is 27.5. The Hall–Kier alpha value is -16.2. The predicted octanol–water partition coefficient (Wildman–Crippen LogP) is 14.8. The molecule has 34 heteroatoms. The van der Waals surface area contributed by atoms with Crippen LogP contribution in [0, 0.1) is 6.92 Å². The number of fused-ring (bicyclic) bond motifs is 4. The number of carbonyl (C=O) groups is 5. The zero-order chi connectivity index (χ0) is 85.8. The van der Waals surface area contributed by atoms with Crippen molar-refractivity contribution in [1.29, 1.82) is 0 Å². The largest absolute Gasteiger partial charge is 0.497 e. The number of aromatic amines is 4. The molecule has 4 aromatic carbocycles. The summed E-state index contributed by atoms with van der Waals surface area (Å²) in [5.41, 5.74) is 20.9. The summed E-state index contributed by atoms with van der Waals surface area (Å²) in [6, 6.07) is 42.6. The maximum atomic E-state index is 12.6. The first-order valence-corrected chi connectivity index (χ1v) is 39.0. The quantitative estimate of drug-likeness (QED) is 0.0300. The number of anilines is 5. The highest BCUT2D eigenvalue weighted by Gasteiger charge is 2.22. The number of nitrogens with one attached hydrogen (secondary N) is 12. The molecule has 0 spiro atoms. The molecule has 618 valence electrons. The molecule has 0 aliphatic heterocycles. The number of rotatable bonds is 22. The Balaban J connectivity index is 0.000000140. The van der Waals surface area contributed by atoms with Crippen LogP contribution >= 0.6 is 0 Å². The highest BCUT2D eigenvalue weighted by molar-refractivity contribution is 6.03. The zero-order valence-corrected chi connectivity index (χ0v) is 68.4. The average molecular weight is 1640 g/mol. The van der Waals surface area contributed by atoms with Crippen LogP contribution in [0.25, 0.3) is 134 Å². The van der Waals surface area contributed by atoms with E-state index in [9.17, 15) is 28.8 Å². The van der Waals surface area contributed by atoms with Gasteiger partial charge in [-0.25, -0.2) is 54.1 Å². The summed E-state index contributed by atoms with van der Waals surface area (Å²) in [6.07, 6.45) is 19.3. The first kappa shape index (κ1) is 83.8. The molecule has 0 saturated heterocycles. The molecule has 0 radical (unpaired) electrons. The molecule has 8 amide bonds. The molecule has 16 aromatic rings. The number of amides is 8. The Labute approximate surface area is 699 Å². The number of hydrogen-bond donors (Lipinski definition) is 12. The monoisotopic (exact) mass is 1640 g/mol. The molecule has 34 nitrogen and oxygen atoms in total. The van der Waals surface area contributed by atoms with Gasteiger partial charge in [-0.15, -0.1) is 0 Å². The first-order chi connectivity index (χ1) is 59.3. The molecule has 12 N–H and O–H groups in total. The van der Waals surface area contributed by atoms with E-state index in [0.717, 1.165) is 112 Å². The number of benzene rings is 4. The van der Waals surface area contributed by atoms with E-state index in [1.807, 2.05) is 175 Å². The third kappa shape index (κ3) is 20.6. The second-order valence-corrected chi connectivity index (χ2v) is 27.5. The van der Waals surface area contributed by atoms with Gasteiger partial charge in [0.05, 0.1) is 87.7 Å². The Bertz CT molecular complexity index is 6300. The topological polar surface area (TPSA) is 443 Å². The standard InChI is InChI=1S/C25H26N6O3.C22H23N7O.C21H20N6O2.C20H19N7O2/c1-4-18(32)14-31-9-7-16(13-22(31)33)17-11-19(20-10-15(3)6-8-27-20)23-21(12-17)28-24(29-23)30-25(34)26-5-2;1-4-24-22(30)28-21-26-19-11-15(14-6-5-8-23-13-14)10-17(20(19)27-21)18-12-16(29(2)3)7-9-25-18;1-3-23-21(28)27-20-25-18-10-14(13-5-4-7-22-12-13)9-16(19(18)26-20)17-11-15(29-2)6-8-24-17;1-3-23-20(28)27-19-25-16-8-12(13-9-21-11-22-10-13)7-14(18(16)26-19)15-5-4-6-17(24-15)29-2/h6-13H,4-5,14H2,1-3H3,(H3,26,28,29,30,34);5-13H,4H2,1-3H3,(H3,24,26,27,28,30);4-12H,3H2,1-2H3,(H3,23,25,26,27,28);4-11H,3H2,1-2H3,(H3,23,25,26,27,28). The van der Waals surface area contributed by atoms with Crippen molar-refractivity contribution < 1.29 is 33.4 Å². The van der Waals surface area contributed by atoms with E-state index in [1.165, 1.54) is 17.0 Å². The van der Waals surface area contributed by atoms with Crippen LogP contribution in [0.1, 0.15) is 46.6 Å². The SMILES string of the molecule is CCNC(=O)Nc1nc2c(-c3cc(C)ccn3)cc(-c3ccn(CC(=O)CC)c(=O)c3)cc2[nH]1.CCNC(=O)Nc1nc2c(-c3cc(N(C)C)ccn3)cc(-c3cccnc3)cc2[nH]1.CCNC(=O)Nc1nc2c(-c3cc(OC)ccn3)cc(-c3cccnc3)cc2[nH]1.CCNC(=O)Nc1nc2c(-c3cccc(OC)n3)cc(-c3cncnc3)cc2[nH]1. The van der Waals surface area contributed by atoms with E-state index in [1.54, 1.807) is 89.0 Å². The molecule has 0 aliphatic rings. The number of aryl methyl sites for hydroxylation is 1. The van der Waals surface area contributed by atoms with E-state index in [0.29, 0.717) is 101 Å². The van der Waals surface area contributed by atoms with E-state index in [2.05, 4.69) is 128 Å². The zero-order valence-electron chi connectivity index (χ0n) is 68.4. The summed E-state index contributed by atoms with van der Waals surface area (Å²) in [5, 5.41) is 21.6. The minimum Gasteiger partial charge on any atom is -0.497 e. The maximum Gasteiger partial charge on any atom is 0.321 e. The first-order valence-electron chi connectivity index (χ1n) is 39.0. The smallest absolute Gasteiger partial charge is 0.321 e. The summed E-state index contributed by atoms with van der Waals surface area (Å²) >= 11 is 0. The summed E-state index contributed by atoms with van der Waals surface area (Å²) in [7, 11) is 7.17. The number of methoxy groups -OCH3 is 2. The van der Waals surface area contributed by atoms with Crippen molar-refractivity contribution in [3.8, 4) is 101 Å². The minimum atomic E-state index is -0.359. The summed E-state index contributed by atoms with van der Waals surface area (Å²) in [5.74, 6) is 2.58. The lowest BCUT2D eigenvalue weighted by molar-refractivity contribution is -0.119. The van der Waals surface area contributed by atoms with E-state index in [4.69, 9.17) is 9.47 Å². The number of carbonyl (C=O) groups excluding carboxylic acids is 5. The van der Waals surface area contributed by atoms with Crippen molar-refractivity contribution in [2.24, 2.45) is 0 Å². The van der Waals surface area contributed by atoms with Crippen LogP contribution in [0.15, 0.2) is 213 Å². The molecule has 122 heavy (non-hydrogen) atoms. The Morgan fingerprint density at radius 1 is 0.410 bits per heavy atom. The molecule has 0 atom stereocenters. The summed E-state index contributed by atoms with van der Waals surface area (Å²) < 4.78 is 12.0.